The molecular formula is C30H37F2N5. The minimum Gasteiger partial charge on any atom is -0.378 e. The second-order valence-electron chi connectivity index (χ2n) is 11.9. The Morgan fingerprint density at radius 1 is 1.16 bits per heavy atom. The van der Waals surface area contributed by atoms with E-state index in [0.717, 1.165) is 54.8 Å². The normalized spacial score (nSPS) is 30.1. The van der Waals surface area contributed by atoms with E-state index in [-0.39, 0.29) is 24.6 Å². The monoisotopic (exact) mass is 505 g/mol. The second-order valence-corrected chi connectivity index (χ2v) is 11.9. The molecule has 37 heavy (non-hydrogen) atoms. The van der Waals surface area contributed by atoms with Gasteiger partial charge in [-0.3, -0.25) is 19.2 Å². The van der Waals surface area contributed by atoms with Gasteiger partial charge in [-0.1, -0.05) is 18.2 Å². The average Bonchev–Trinajstić information content (AvgIpc) is 3.22. The number of pyridine rings is 1. The summed E-state index contributed by atoms with van der Waals surface area (Å²) in [6.45, 7) is 4.55. The lowest BCUT2D eigenvalue weighted by Gasteiger charge is -2.55. The lowest BCUT2D eigenvalue weighted by molar-refractivity contribution is -0.0370. The molecule has 2 aromatic heterocycles. The highest BCUT2D eigenvalue weighted by Crippen LogP contribution is 2.52. The molecular weight excluding hydrogens is 468 g/mol. The van der Waals surface area contributed by atoms with Crippen LogP contribution in [0.15, 0.2) is 36.5 Å². The maximum Gasteiger partial charge on any atom is 0.148 e. The third-order valence-electron chi connectivity index (χ3n) is 9.56. The van der Waals surface area contributed by atoms with Crippen molar-refractivity contribution in [1.29, 1.82) is 0 Å². The summed E-state index contributed by atoms with van der Waals surface area (Å²) < 4.78 is 28.4. The number of hydrogen-bond acceptors (Lipinski definition) is 4. The van der Waals surface area contributed by atoms with Crippen LogP contribution in [0.2, 0.25) is 0 Å². The number of nitrogens with one attached hydrogen (secondary N) is 2. The van der Waals surface area contributed by atoms with Crippen molar-refractivity contribution in [3.05, 3.63) is 59.3 Å². The van der Waals surface area contributed by atoms with Gasteiger partial charge < -0.3 is 10.3 Å². The summed E-state index contributed by atoms with van der Waals surface area (Å²) in [7, 11) is 0. The number of anilines is 1. The van der Waals surface area contributed by atoms with E-state index >= 15 is 4.39 Å². The molecule has 1 saturated heterocycles. The van der Waals surface area contributed by atoms with Crippen LogP contribution in [0, 0.1) is 17.7 Å². The number of likely N-dealkylation sites (tertiary alicyclic amines) is 1. The summed E-state index contributed by atoms with van der Waals surface area (Å²) in [5.74, 6) is 1.38. The molecule has 0 unspecified atom stereocenters. The van der Waals surface area contributed by atoms with Crippen LogP contribution in [0.5, 0.6) is 0 Å². The van der Waals surface area contributed by atoms with Gasteiger partial charge in [0, 0.05) is 54.4 Å². The van der Waals surface area contributed by atoms with Crippen LogP contribution in [0.4, 0.5) is 14.5 Å². The van der Waals surface area contributed by atoms with Crippen molar-refractivity contribution in [2.45, 2.75) is 69.6 Å². The fraction of sp³-hybridized carbons (Fsp3) is 0.567. The Labute approximate surface area is 217 Å². The number of alkyl halides is 1. The molecule has 3 aliphatic carbocycles. The van der Waals surface area contributed by atoms with E-state index < -0.39 is 0 Å². The SMILES string of the molecule is C[C@@H]1Cc2c([nH]c3ccccc23)[C@@H](c2ncc(NC3CN(CCCF)C3)cc2F)N1[C@@H]1CCC2CC1C2. The summed E-state index contributed by atoms with van der Waals surface area (Å²) in [6, 6.07) is 11.0. The number of halogens is 2. The van der Waals surface area contributed by atoms with Crippen LogP contribution in [0.1, 0.15) is 62.0 Å². The van der Waals surface area contributed by atoms with E-state index in [9.17, 15) is 4.39 Å². The molecule has 3 aromatic rings. The summed E-state index contributed by atoms with van der Waals surface area (Å²) in [5.41, 5.74) is 4.82. The van der Waals surface area contributed by atoms with Gasteiger partial charge in [0.05, 0.1) is 36.3 Å². The molecule has 3 atom stereocenters. The first kappa shape index (κ1) is 23.6. The lowest BCUT2D eigenvalue weighted by atomic mass is 9.61. The molecule has 3 saturated carbocycles. The molecule has 196 valence electrons. The minimum absolute atomic E-state index is 0.206. The number of hydrogen-bond donors (Lipinski definition) is 2. The summed E-state index contributed by atoms with van der Waals surface area (Å²) in [6.07, 6.45) is 8.50. The van der Waals surface area contributed by atoms with Crippen molar-refractivity contribution >= 4 is 16.6 Å². The smallest absolute Gasteiger partial charge is 0.148 e. The number of aromatic amines is 1. The summed E-state index contributed by atoms with van der Waals surface area (Å²) >= 11 is 0. The zero-order valence-corrected chi connectivity index (χ0v) is 21.6. The molecule has 1 aromatic carbocycles. The van der Waals surface area contributed by atoms with Crippen molar-refractivity contribution in [3.63, 3.8) is 0 Å². The zero-order chi connectivity index (χ0) is 25.1. The minimum atomic E-state index is -0.276. The number of nitrogens with zero attached hydrogens (tertiary/aromatic N) is 3. The van der Waals surface area contributed by atoms with E-state index in [4.69, 9.17) is 4.98 Å². The Kier molecular flexibility index (Phi) is 5.96. The number of rotatable bonds is 7. The van der Waals surface area contributed by atoms with Gasteiger partial charge in [-0.2, -0.15) is 0 Å². The highest BCUT2D eigenvalue weighted by Gasteiger charge is 2.48. The van der Waals surface area contributed by atoms with Crippen molar-refractivity contribution in [2.24, 2.45) is 11.8 Å². The van der Waals surface area contributed by atoms with Gasteiger partial charge in [0.15, 0.2) is 0 Å². The van der Waals surface area contributed by atoms with Crippen molar-refractivity contribution in [1.82, 2.24) is 19.8 Å². The molecule has 4 fully saturated rings. The molecule has 5 nitrogen and oxygen atoms in total. The number of aromatic nitrogens is 2. The van der Waals surface area contributed by atoms with Crippen LogP contribution in [0.25, 0.3) is 10.9 Å². The molecule has 0 spiro atoms. The first-order valence-electron chi connectivity index (χ1n) is 14.2. The maximum absolute atomic E-state index is 16.0. The average molecular weight is 506 g/mol. The Hall–Kier alpha value is -2.51. The van der Waals surface area contributed by atoms with Crippen LogP contribution >= 0.6 is 0 Å². The number of H-pyrrole nitrogens is 1. The molecule has 8 rings (SSSR count). The Morgan fingerprint density at radius 3 is 2.76 bits per heavy atom. The maximum atomic E-state index is 16.0. The first-order chi connectivity index (χ1) is 18.1. The molecule has 2 N–H and O–H groups in total. The lowest BCUT2D eigenvalue weighted by Crippen LogP contribution is -2.56. The van der Waals surface area contributed by atoms with E-state index in [2.05, 4.69) is 51.3 Å². The second kappa shape index (κ2) is 9.35. The van der Waals surface area contributed by atoms with Gasteiger partial charge in [-0.15, -0.1) is 0 Å². The van der Waals surface area contributed by atoms with Crippen molar-refractivity contribution in [2.75, 3.05) is 31.6 Å². The third kappa shape index (κ3) is 4.06. The van der Waals surface area contributed by atoms with Crippen LogP contribution in [-0.2, 0) is 6.42 Å². The van der Waals surface area contributed by atoms with Crippen LogP contribution in [-0.4, -0.2) is 64.2 Å². The van der Waals surface area contributed by atoms with Crippen LogP contribution in [0.3, 0.4) is 0 Å². The predicted molar refractivity (Wildman–Crippen MR) is 143 cm³/mol. The quantitative estimate of drug-likeness (QED) is 0.434. The number of fused-ring (bicyclic) bond motifs is 5. The number of para-hydroxylation sites is 1. The molecule has 2 bridgehead atoms. The van der Waals surface area contributed by atoms with E-state index in [0.29, 0.717) is 24.2 Å². The van der Waals surface area contributed by atoms with Crippen molar-refractivity contribution in [3.8, 4) is 0 Å². The number of benzene rings is 1. The Bertz CT molecular complexity index is 1280. The van der Waals surface area contributed by atoms with Gasteiger partial charge in [-0.25, -0.2) is 4.39 Å². The van der Waals surface area contributed by atoms with Gasteiger partial charge in [0.2, 0.25) is 0 Å². The fourth-order valence-electron chi connectivity index (χ4n) is 7.74. The highest BCUT2D eigenvalue weighted by atomic mass is 19.1. The first-order valence-corrected chi connectivity index (χ1v) is 14.2. The van der Waals surface area contributed by atoms with E-state index in [1.54, 1.807) is 6.07 Å². The molecule has 5 aliphatic rings. The van der Waals surface area contributed by atoms with Gasteiger partial charge >= 0.3 is 0 Å². The topological polar surface area (TPSA) is 47.2 Å². The molecule has 0 radical (unpaired) electrons. The molecule has 4 heterocycles. The fourth-order valence-corrected chi connectivity index (χ4v) is 7.74. The largest absolute Gasteiger partial charge is 0.378 e. The van der Waals surface area contributed by atoms with E-state index in [1.165, 1.54) is 36.6 Å². The highest BCUT2D eigenvalue weighted by molar-refractivity contribution is 5.85. The van der Waals surface area contributed by atoms with Gasteiger partial charge in [0.1, 0.15) is 5.82 Å². The molecule has 2 aliphatic heterocycles. The molecule has 0 amide bonds. The van der Waals surface area contributed by atoms with Gasteiger partial charge in [-0.05, 0) is 68.9 Å². The zero-order valence-electron chi connectivity index (χ0n) is 21.6. The van der Waals surface area contributed by atoms with Crippen LogP contribution < -0.4 is 5.32 Å². The standard InChI is InChI=1S/C30H37F2N5/c1-18-11-24-23-5-2-3-6-26(23)35-28(24)30(37(18)27-8-7-19-12-20(27)13-19)29-25(32)14-21(15-33-29)34-22-16-36(17-22)10-4-9-31/h2-3,5-6,14-15,18-20,22,27,30,34-35H,4,7-13,16-17H2,1H3/t18-,19?,20?,27-,30+/m1/s1. The summed E-state index contributed by atoms with van der Waals surface area (Å²) in [5, 5.41) is 4.69. The third-order valence-corrected chi connectivity index (χ3v) is 9.56. The Morgan fingerprint density at radius 2 is 2.00 bits per heavy atom. The van der Waals surface area contributed by atoms with Crippen molar-refractivity contribution < 1.29 is 8.78 Å². The molecule has 7 heteroatoms. The predicted octanol–water partition coefficient (Wildman–Crippen LogP) is 5.68. The summed E-state index contributed by atoms with van der Waals surface area (Å²) in [4.78, 5) is 13.3. The van der Waals surface area contributed by atoms with Gasteiger partial charge in [0.25, 0.3) is 0 Å². The van der Waals surface area contributed by atoms with E-state index in [1.807, 2.05) is 6.20 Å². The Balaban J connectivity index is 1.21.